The van der Waals surface area contributed by atoms with Gasteiger partial charge in [-0.3, -0.25) is 14.5 Å². The molecule has 0 spiro atoms. The number of rotatable bonds is 8. The zero-order chi connectivity index (χ0) is 22.5. The number of benzene rings is 2. The van der Waals surface area contributed by atoms with Gasteiger partial charge in [0.25, 0.3) is 5.91 Å². The van der Waals surface area contributed by atoms with Crippen LogP contribution in [0.2, 0.25) is 0 Å². The third kappa shape index (κ3) is 4.94. The van der Waals surface area contributed by atoms with Crippen LogP contribution in [0.4, 0.5) is 0 Å². The van der Waals surface area contributed by atoms with E-state index in [1.54, 1.807) is 24.3 Å². The maximum Gasteiger partial charge on any atom is 0.328 e. The molecule has 0 saturated carbocycles. The van der Waals surface area contributed by atoms with Crippen molar-refractivity contribution in [3.05, 3.63) is 71.3 Å². The number of hydrogen-bond donors (Lipinski definition) is 2. The normalized spacial score (nSPS) is 17.3. The molecule has 0 saturated heterocycles. The Balaban J connectivity index is 1.92. The Kier molecular flexibility index (Phi) is 7.07. The molecule has 1 aliphatic rings. The van der Waals surface area contributed by atoms with E-state index in [1.165, 1.54) is 12.0 Å². The molecule has 0 bridgehead atoms. The first-order valence-corrected chi connectivity index (χ1v) is 10.3. The fraction of sp³-hybridized carbons (Fsp3) is 0.375. The lowest BCUT2D eigenvalue weighted by Crippen LogP contribution is -2.54. The van der Waals surface area contributed by atoms with Gasteiger partial charge < -0.3 is 15.2 Å². The molecular formula is C24H28N2O5. The van der Waals surface area contributed by atoms with Crippen molar-refractivity contribution in [1.82, 2.24) is 10.2 Å². The molecule has 3 rings (SSSR count). The predicted octanol–water partition coefficient (Wildman–Crippen LogP) is 2.45. The fourth-order valence-electron chi connectivity index (χ4n) is 3.88. The molecule has 7 nitrogen and oxygen atoms in total. The fourth-order valence-corrected chi connectivity index (χ4v) is 3.88. The van der Waals surface area contributed by atoms with Gasteiger partial charge in [-0.25, -0.2) is 4.79 Å². The van der Waals surface area contributed by atoms with Gasteiger partial charge in [-0.05, 0) is 24.0 Å². The number of nitrogens with one attached hydrogen (secondary N) is 1. The summed E-state index contributed by atoms with van der Waals surface area (Å²) >= 11 is 0. The van der Waals surface area contributed by atoms with Gasteiger partial charge in [-0.2, -0.15) is 0 Å². The second kappa shape index (κ2) is 9.75. The lowest BCUT2D eigenvalue weighted by molar-refractivity contribution is -0.146. The highest BCUT2D eigenvalue weighted by atomic mass is 16.5. The number of fused-ring (bicyclic) bond motifs is 1. The highest BCUT2D eigenvalue weighted by Gasteiger charge is 2.43. The Bertz CT molecular complexity index is 944. The number of methoxy groups -OCH3 is 1. The Morgan fingerprint density at radius 3 is 2.35 bits per heavy atom. The molecule has 1 aliphatic heterocycles. The van der Waals surface area contributed by atoms with Crippen LogP contribution >= 0.6 is 0 Å². The van der Waals surface area contributed by atoms with Crippen LogP contribution in [0.25, 0.3) is 0 Å². The van der Waals surface area contributed by atoms with Crippen molar-refractivity contribution in [2.45, 2.75) is 45.0 Å². The van der Waals surface area contributed by atoms with Crippen LogP contribution in [0.1, 0.15) is 48.0 Å². The van der Waals surface area contributed by atoms with Crippen LogP contribution in [-0.4, -0.2) is 47.0 Å². The molecule has 2 aromatic carbocycles. The second-order valence-electron chi connectivity index (χ2n) is 8.09. The van der Waals surface area contributed by atoms with Crippen molar-refractivity contribution in [3.63, 3.8) is 0 Å². The molecule has 7 heteroatoms. The molecule has 2 amide bonds. The van der Waals surface area contributed by atoms with E-state index in [0.717, 1.165) is 5.56 Å². The molecule has 2 aromatic rings. The maximum absolute atomic E-state index is 13.4. The third-order valence-corrected chi connectivity index (χ3v) is 5.39. The van der Waals surface area contributed by atoms with Gasteiger partial charge in [0.05, 0.1) is 7.11 Å². The zero-order valence-electron chi connectivity index (χ0n) is 17.9. The summed E-state index contributed by atoms with van der Waals surface area (Å²) in [6, 6.07) is 14.2. The van der Waals surface area contributed by atoms with Gasteiger partial charge in [-0.1, -0.05) is 62.4 Å². The molecule has 3 atom stereocenters. The molecule has 31 heavy (non-hydrogen) atoms. The largest absolute Gasteiger partial charge is 0.467 e. The van der Waals surface area contributed by atoms with Crippen LogP contribution in [-0.2, 0) is 20.7 Å². The first kappa shape index (κ1) is 22.5. The smallest absolute Gasteiger partial charge is 0.328 e. The zero-order valence-corrected chi connectivity index (χ0v) is 17.9. The summed E-state index contributed by atoms with van der Waals surface area (Å²) in [5.41, 5.74) is 1.66. The van der Waals surface area contributed by atoms with Crippen molar-refractivity contribution in [2.24, 2.45) is 5.92 Å². The first-order chi connectivity index (χ1) is 14.8. The number of ether oxygens (including phenoxy) is 1. The van der Waals surface area contributed by atoms with Gasteiger partial charge >= 0.3 is 5.97 Å². The van der Waals surface area contributed by atoms with Crippen molar-refractivity contribution < 1.29 is 24.2 Å². The van der Waals surface area contributed by atoms with Gasteiger partial charge in [0.1, 0.15) is 12.1 Å². The molecule has 0 unspecified atom stereocenters. The summed E-state index contributed by atoms with van der Waals surface area (Å²) in [4.78, 5) is 39.9. The van der Waals surface area contributed by atoms with Gasteiger partial charge in [0.2, 0.25) is 5.91 Å². The quantitative estimate of drug-likeness (QED) is 0.635. The number of esters is 1. The van der Waals surface area contributed by atoms with Crippen molar-refractivity contribution in [2.75, 3.05) is 7.11 Å². The van der Waals surface area contributed by atoms with Crippen molar-refractivity contribution in [1.29, 1.82) is 0 Å². The number of nitrogens with zero attached hydrogens (tertiary/aromatic N) is 1. The summed E-state index contributed by atoms with van der Waals surface area (Å²) in [7, 11) is 1.27. The average Bonchev–Trinajstić information content (AvgIpc) is 3.01. The molecule has 0 aliphatic carbocycles. The Hall–Kier alpha value is -3.19. The maximum atomic E-state index is 13.4. The van der Waals surface area contributed by atoms with E-state index >= 15 is 0 Å². The van der Waals surface area contributed by atoms with Crippen LogP contribution < -0.4 is 5.32 Å². The number of carbonyl (C=O) groups excluding carboxylic acids is 3. The topological polar surface area (TPSA) is 95.9 Å². The van der Waals surface area contributed by atoms with Crippen LogP contribution in [0.15, 0.2) is 54.6 Å². The summed E-state index contributed by atoms with van der Waals surface area (Å²) in [5.74, 6) is -1.34. The molecule has 0 radical (unpaired) electrons. The third-order valence-electron chi connectivity index (χ3n) is 5.39. The lowest BCUT2D eigenvalue weighted by Gasteiger charge is -2.31. The average molecular weight is 424 g/mol. The van der Waals surface area contributed by atoms with Crippen LogP contribution in [0.5, 0.6) is 0 Å². The Morgan fingerprint density at radius 1 is 1.10 bits per heavy atom. The van der Waals surface area contributed by atoms with E-state index in [2.05, 4.69) is 5.32 Å². The van der Waals surface area contributed by atoms with Crippen LogP contribution in [0, 0.1) is 5.92 Å². The van der Waals surface area contributed by atoms with Crippen LogP contribution in [0.3, 0.4) is 0 Å². The summed E-state index contributed by atoms with van der Waals surface area (Å²) < 4.78 is 4.85. The highest BCUT2D eigenvalue weighted by Crippen LogP contribution is 2.34. The van der Waals surface area contributed by atoms with E-state index in [9.17, 15) is 19.5 Å². The molecular weight excluding hydrogens is 396 g/mol. The highest BCUT2D eigenvalue weighted by molar-refractivity contribution is 6.02. The van der Waals surface area contributed by atoms with E-state index in [0.29, 0.717) is 17.5 Å². The van der Waals surface area contributed by atoms with E-state index < -0.39 is 36.1 Å². The molecule has 2 N–H and O–H groups in total. The Morgan fingerprint density at radius 2 is 1.74 bits per heavy atom. The predicted molar refractivity (Wildman–Crippen MR) is 115 cm³/mol. The minimum Gasteiger partial charge on any atom is -0.467 e. The van der Waals surface area contributed by atoms with Crippen molar-refractivity contribution in [3.8, 4) is 0 Å². The first-order valence-electron chi connectivity index (χ1n) is 10.3. The number of amides is 2. The van der Waals surface area contributed by atoms with E-state index in [1.807, 2.05) is 44.2 Å². The lowest BCUT2D eigenvalue weighted by atomic mass is 10.0. The monoisotopic (exact) mass is 424 g/mol. The SMILES string of the molecule is COC(=O)[C@H](CC(C)C)NC(=O)[C@H](Cc1ccccc1)N1C(=O)c2ccccc2[C@@H]1O. The summed E-state index contributed by atoms with van der Waals surface area (Å²) in [5, 5.41) is 13.6. The van der Waals surface area contributed by atoms with Gasteiger partial charge in [0.15, 0.2) is 6.23 Å². The number of aliphatic hydroxyl groups is 1. The minimum absolute atomic E-state index is 0.139. The van der Waals surface area contributed by atoms with Crippen molar-refractivity contribution >= 4 is 17.8 Å². The standard InChI is InChI=1S/C24H28N2O5/c1-15(2)13-19(24(30)31-3)25-21(27)20(14-16-9-5-4-6-10-16)26-22(28)17-11-7-8-12-18(17)23(26)29/h4-12,15,19-20,22,28H,13-14H2,1-3H3,(H,25,27)/t19-,20-,22-/m0/s1. The molecule has 164 valence electrons. The Labute approximate surface area is 182 Å². The number of hydrogen-bond acceptors (Lipinski definition) is 5. The van der Waals surface area contributed by atoms with Gasteiger partial charge in [-0.15, -0.1) is 0 Å². The number of carbonyl (C=O) groups is 3. The van der Waals surface area contributed by atoms with E-state index in [-0.39, 0.29) is 12.3 Å². The molecule has 0 fully saturated rings. The summed E-state index contributed by atoms with van der Waals surface area (Å²) in [6.07, 6.45) is -0.656. The number of aliphatic hydroxyl groups excluding tert-OH is 1. The summed E-state index contributed by atoms with van der Waals surface area (Å²) in [6.45, 7) is 3.88. The van der Waals surface area contributed by atoms with E-state index in [4.69, 9.17) is 4.74 Å². The minimum atomic E-state index is -1.25. The molecule has 1 heterocycles. The molecule has 0 aromatic heterocycles. The second-order valence-corrected chi connectivity index (χ2v) is 8.09. The van der Waals surface area contributed by atoms with Gasteiger partial charge in [0, 0.05) is 17.5 Å².